The summed E-state index contributed by atoms with van der Waals surface area (Å²) in [7, 11) is 0. The monoisotopic (exact) mass is 243 g/mol. The molecule has 102 valence electrons. The van der Waals surface area contributed by atoms with Gasteiger partial charge < -0.3 is 15.1 Å². The lowest BCUT2D eigenvalue weighted by Crippen LogP contribution is -2.41. The van der Waals surface area contributed by atoms with E-state index in [1.54, 1.807) is 0 Å². The summed E-state index contributed by atoms with van der Waals surface area (Å²) in [6, 6.07) is 0.605. The van der Waals surface area contributed by atoms with Gasteiger partial charge in [0.25, 0.3) is 0 Å². The highest BCUT2D eigenvalue weighted by Gasteiger charge is 2.24. The Hall–Kier alpha value is -0.120. The van der Waals surface area contributed by atoms with Crippen molar-refractivity contribution in [2.75, 3.05) is 26.3 Å². The fourth-order valence-electron chi connectivity index (χ4n) is 2.98. The predicted molar refractivity (Wildman–Crippen MR) is 71.0 cm³/mol. The van der Waals surface area contributed by atoms with Gasteiger partial charge >= 0.3 is 0 Å². The maximum Gasteiger partial charge on any atom is 0.0443 e. The summed E-state index contributed by atoms with van der Waals surface area (Å²) in [5.74, 6) is 0.820. The minimum Gasteiger partial charge on any atom is -0.396 e. The first-order valence-corrected chi connectivity index (χ1v) is 7.25. The fourth-order valence-corrected chi connectivity index (χ4v) is 2.98. The highest BCUT2D eigenvalue weighted by atomic mass is 16.3. The Morgan fingerprint density at radius 2 is 1.53 bits per heavy atom. The molecule has 0 unspecified atom stereocenters. The molecule has 1 aliphatic carbocycles. The average Bonchev–Trinajstić information content (AvgIpc) is 2.39. The third-order valence-electron chi connectivity index (χ3n) is 4.11. The normalized spacial score (nSPS) is 19.8. The molecule has 3 nitrogen and oxygen atoms in total. The van der Waals surface area contributed by atoms with Gasteiger partial charge in [-0.15, -0.1) is 0 Å². The van der Waals surface area contributed by atoms with Crippen molar-refractivity contribution >= 4 is 0 Å². The summed E-state index contributed by atoms with van der Waals surface area (Å²) < 4.78 is 0. The molecular weight excluding hydrogens is 214 g/mol. The van der Waals surface area contributed by atoms with Gasteiger partial charge in [-0.3, -0.25) is 0 Å². The van der Waals surface area contributed by atoms with E-state index in [-0.39, 0.29) is 13.2 Å². The molecule has 0 heterocycles. The first-order valence-electron chi connectivity index (χ1n) is 7.25. The summed E-state index contributed by atoms with van der Waals surface area (Å²) in [4.78, 5) is 2.46. The number of aliphatic hydroxyl groups excluding tert-OH is 2. The van der Waals surface area contributed by atoms with Crippen LogP contribution in [0.5, 0.6) is 0 Å². The van der Waals surface area contributed by atoms with Crippen LogP contribution in [0.1, 0.15) is 51.9 Å². The summed E-state index contributed by atoms with van der Waals surface area (Å²) in [6.07, 6.45) is 8.57. The van der Waals surface area contributed by atoms with E-state index in [1.807, 2.05) is 0 Å². The molecule has 2 N–H and O–H groups in total. The minimum atomic E-state index is 0.271. The number of nitrogens with zero attached hydrogens (tertiary/aromatic N) is 1. The van der Waals surface area contributed by atoms with Gasteiger partial charge in [-0.2, -0.15) is 0 Å². The zero-order chi connectivity index (χ0) is 12.5. The molecule has 0 saturated heterocycles. The lowest BCUT2D eigenvalue weighted by Gasteiger charge is -2.36. The molecule has 0 bridgehead atoms. The number of hydrogen-bond donors (Lipinski definition) is 2. The van der Waals surface area contributed by atoms with Crippen LogP contribution < -0.4 is 0 Å². The van der Waals surface area contributed by atoms with Gasteiger partial charge in [-0.1, -0.05) is 19.3 Å². The smallest absolute Gasteiger partial charge is 0.0443 e. The van der Waals surface area contributed by atoms with Gasteiger partial charge in [0, 0.05) is 32.3 Å². The van der Waals surface area contributed by atoms with E-state index in [0.717, 1.165) is 31.8 Å². The molecule has 17 heavy (non-hydrogen) atoms. The van der Waals surface area contributed by atoms with Gasteiger partial charge in [0.2, 0.25) is 0 Å². The molecule has 3 heteroatoms. The Kier molecular flexibility index (Phi) is 7.82. The van der Waals surface area contributed by atoms with E-state index in [0.29, 0.717) is 6.04 Å². The van der Waals surface area contributed by atoms with Gasteiger partial charge in [-0.25, -0.2) is 0 Å². The van der Waals surface area contributed by atoms with Gasteiger partial charge in [0.05, 0.1) is 0 Å². The predicted octanol–water partition coefficient (Wildman–Crippen LogP) is 2.02. The van der Waals surface area contributed by atoms with Crippen molar-refractivity contribution in [3.63, 3.8) is 0 Å². The molecule has 0 aliphatic heterocycles. The molecule has 0 radical (unpaired) electrons. The molecule has 1 saturated carbocycles. The van der Waals surface area contributed by atoms with Crippen LogP contribution >= 0.6 is 0 Å². The molecule has 0 aromatic carbocycles. The molecule has 0 amide bonds. The third-order valence-corrected chi connectivity index (χ3v) is 4.11. The largest absolute Gasteiger partial charge is 0.396 e. The first-order chi connectivity index (χ1) is 8.29. The Bertz CT molecular complexity index is 173. The first kappa shape index (κ1) is 14.9. The van der Waals surface area contributed by atoms with Crippen molar-refractivity contribution in [1.29, 1.82) is 0 Å². The Labute approximate surface area is 106 Å². The highest BCUT2D eigenvalue weighted by Crippen LogP contribution is 2.29. The SMILES string of the molecule is C[C@H](C1CCCCC1)N(CCCO)CCCO. The van der Waals surface area contributed by atoms with Gasteiger partial charge in [0.1, 0.15) is 0 Å². The van der Waals surface area contributed by atoms with Gasteiger partial charge in [-0.05, 0) is 38.5 Å². The van der Waals surface area contributed by atoms with Crippen molar-refractivity contribution < 1.29 is 10.2 Å². The molecule has 1 aliphatic rings. The summed E-state index contributed by atoms with van der Waals surface area (Å²) in [5.41, 5.74) is 0. The highest BCUT2D eigenvalue weighted by molar-refractivity contribution is 4.78. The quantitative estimate of drug-likeness (QED) is 0.685. The van der Waals surface area contributed by atoms with Gasteiger partial charge in [0.15, 0.2) is 0 Å². The standard InChI is InChI=1S/C14H29NO2/c1-13(14-7-3-2-4-8-14)15(9-5-11-16)10-6-12-17/h13-14,16-17H,2-12H2,1H3/t13-/m1/s1. The van der Waals surface area contributed by atoms with E-state index >= 15 is 0 Å². The molecular formula is C14H29NO2. The Morgan fingerprint density at radius 1 is 1.00 bits per heavy atom. The maximum atomic E-state index is 8.96. The van der Waals surface area contributed by atoms with E-state index in [9.17, 15) is 0 Å². The zero-order valence-corrected chi connectivity index (χ0v) is 11.3. The fraction of sp³-hybridized carbons (Fsp3) is 1.00. The van der Waals surface area contributed by atoms with Crippen molar-refractivity contribution in [2.24, 2.45) is 5.92 Å². The maximum absolute atomic E-state index is 8.96. The Balaban J connectivity index is 2.41. The lowest BCUT2D eigenvalue weighted by atomic mass is 9.84. The van der Waals surface area contributed by atoms with Crippen molar-refractivity contribution in [3.8, 4) is 0 Å². The minimum absolute atomic E-state index is 0.271. The lowest BCUT2D eigenvalue weighted by molar-refractivity contribution is 0.111. The second kappa shape index (κ2) is 8.90. The van der Waals surface area contributed by atoms with Crippen molar-refractivity contribution in [2.45, 2.75) is 57.9 Å². The van der Waals surface area contributed by atoms with Crippen LogP contribution in [0.15, 0.2) is 0 Å². The van der Waals surface area contributed by atoms with Crippen LogP contribution in [0, 0.1) is 5.92 Å². The van der Waals surface area contributed by atoms with Crippen molar-refractivity contribution in [1.82, 2.24) is 4.90 Å². The molecule has 0 spiro atoms. The topological polar surface area (TPSA) is 43.7 Å². The number of rotatable bonds is 8. The van der Waals surface area contributed by atoms with Crippen LogP contribution in [0.2, 0.25) is 0 Å². The van der Waals surface area contributed by atoms with E-state index in [2.05, 4.69) is 11.8 Å². The third kappa shape index (κ3) is 5.36. The summed E-state index contributed by atoms with van der Waals surface area (Å²) in [5, 5.41) is 17.9. The van der Waals surface area contributed by atoms with Crippen LogP contribution in [-0.4, -0.2) is 47.5 Å². The van der Waals surface area contributed by atoms with E-state index < -0.39 is 0 Å². The van der Waals surface area contributed by atoms with Crippen LogP contribution in [0.4, 0.5) is 0 Å². The van der Waals surface area contributed by atoms with E-state index in [1.165, 1.54) is 32.1 Å². The number of hydrogen-bond acceptors (Lipinski definition) is 3. The average molecular weight is 243 g/mol. The summed E-state index contributed by atoms with van der Waals surface area (Å²) >= 11 is 0. The number of aliphatic hydroxyl groups is 2. The van der Waals surface area contributed by atoms with Crippen molar-refractivity contribution in [3.05, 3.63) is 0 Å². The zero-order valence-electron chi connectivity index (χ0n) is 11.3. The summed E-state index contributed by atoms with van der Waals surface area (Å²) in [6.45, 7) is 4.80. The van der Waals surface area contributed by atoms with Crippen LogP contribution in [-0.2, 0) is 0 Å². The van der Waals surface area contributed by atoms with Crippen LogP contribution in [0.25, 0.3) is 0 Å². The second-order valence-electron chi connectivity index (χ2n) is 5.33. The molecule has 0 aromatic rings. The van der Waals surface area contributed by atoms with E-state index in [4.69, 9.17) is 10.2 Å². The molecule has 1 fully saturated rings. The van der Waals surface area contributed by atoms with Crippen LogP contribution in [0.3, 0.4) is 0 Å². The molecule has 1 rings (SSSR count). The molecule has 0 aromatic heterocycles. The molecule has 1 atom stereocenters. The second-order valence-corrected chi connectivity index (χ2v) is 5.33. The Morgan fingerprint density at radius 3 is 2.00 bits per heavy atom.